The first-order valence-electron chi connectivity index (χ1n) is 6.93. The van der Waals surface area contributed by atoms with Crippen LogP contribution < -0.4 is 16.0 Å². The van der Waals surface area contributed by atoms with Crippen LogP contribution in [0, 0.1) is 5.82 Å². The molecule has 0 saturated heterocycles. The van der Waals surface area contributed by atoms with Crippen molar-refractivity contribution in [3.05, 3.63) is 30.1 Å². The maximum Gasteiger partial charge on any atom is 0.405 e. The van der Waals surface area contributed by atoms with Crippen molar-refractivity contribution in [2.24, 2.45) is 0 Å². The average molecular weight is 364 g/mol. The predicted octanol–water partition coefficient (Wildman–Crippen LogP) is 1.08. The van der Waals surface area contributed by atoms with Gasteiger partial charge in [0, 0.05) is 5.69 Å². The molecule has 0 unspecified atom stereocenters. The molecule has 0 spiro atoms. The number of anilines is 1. The molecule has 1 aromatic carbocycles. The summed E-state index contributed by atoms with van der Waals surface area (Å²) in [6, 6.07) is 3.74. The Balaban J connectivity index is 2.33. The summed E-state index contributed by atoms with van der Waals surface area (Å²) in [6.07, 6.45) is -4.59. The SMILES string of the molecule is CN(CC(=O)NC(=O)NCC(F)(F)F)CC(=O)Nc1ccc(F)cc1. The molecule has 1 aromatic rings. The van der Waals surface area contributed by atoms with Crippen LogP contribution in [-0.2, 0) is 9.59 Å². The third kappa shape index (κ3) is 9.25. The first kappa shape index (κ1) is 20.4. The van der Waals surface area contributed by atoms with Gasteiger partial charge < -0.3 is 10.6 Å². The van der Waals surface area contributed by atoms with Gasteiger partial charge in [-0.05, 0) is 31.3 Å². The Morgan fingerprint density at radius 3 is 2.16 bits per heavy atom. The van der Waals surface area contributed by atoms with E-state index in [9.17, 15) is 31.9 Å². The van der Waals surface area contributed by atoms with E-state index in [4.69, 9.17) is 0 Å². The molecule has 0 radical (unpaired) electrons. The number of hydrogen-bond acceptors (Lipinski definition) is 4. The second-order valence-corrected chi connectivity index (χ2v) is 5.07. The van der Waals surface area contributed by atoms with Gasteiger partial charge in [-0.3, -0.25) is 19.8 Å². The number of nitrogens with zero attached hydrogens (tertiary/aromatic N) is 1. The summed E-state index contributed by atoms with van der Waals surface area (Å²) in [5.74, 6) is -1.84. The van der Waals surface area contributed by atoms with E-state index in [0.29, 0.717) is 5.69 Å². The molecule has 0 aromatic heterocycles. The molecular formula is C14H16F4N4O3. The quantitative estimate of drug-likeness (QED) is 0.659. The molecule has 138 valence electrons. The Bertz CT molecular complexity index is 619. The van der Waals surface area contributed by atoms with Crippen molar-refractivity contribution in [3.8, 4) is 0 Å². The molecule has 0 bridgehead atoms. The molecule has 3 N–H and O–H groups in total. The number of carbonyl (C=O) groups excluding carboxylic acids is 3. The van der Waals surface area contributed by atoms with E-state index in [0.717, 1.165) is 12.1 Å². The van der Waals surface area contributed by atoms with Gasteiger partial charge in [-0.15, -0.1) is 0 Å². The molecule has 0 atom stereocenters. The van der Waals surface area contributed by atoms with Gasteiger partial charge in [0.15, 0.2) is 0 Å². The molecule has 0 aliphatic rings. The van der Waals surface area contributed by atoms with E-state index in [2.05, 4.69) is 5.32 Å². The minimum Gasteiger partial charge on any atom is -0.329 e. The van der Waals surface area contributed by atoms with Gasteiger partial charge in [-0.25, -0.2) is 9.18 Å². The summed E-state index contributed by atoms with van der Waals surface area (Å²) in [7, 11) is 1.40. The standard InChI is InChI=1S/C14H16F4N4O3/c1-22(6-11(23)20-10-4-2-9(15)3-5-10)7-12(24)21-13(25)19-8-14(16,17)18/h2-5H,6-8H2,1H3,(H,20,23)(H2,19,21,24,25). The Kier molecular flexibility index (Phi) is 7.30. The third-order valence-corrected chi connectivity index (χ3v) is 2.66. The van der Waals surface area contributed by atoms with Crippen LogP contribution in [0.2, 0.25) is 0 Å². The highest BCUT2D eigenvalue weighted by Gasteiger charge is 2.28. The lowest BCUT2D eigenvalue weighted by molar-refractivity contribution is -0.125. The second kappa shape index (κ2) is 8.97. The van der Waals surface area contributed by atoms with Crippen LogP contribution in [0.1, 0.15) is 0 Å². The maximum absolute atomic E-state index is 12.7. The van der Waals surface area contributed by atoms with E-state index in [1.54, 1.807) is 5.32 Å². The zero-order valence-corrected chi connectivity index (χ0v) is 13.1. The van der Waals surface area contributed by atoms with Crippen molar-refractivity contribution < 1.29 is 31.9 Å². The molecule has 0 aliphatic carbocycles. The number of hydrogen-bond donors (Lipinski definition) is 3. The minimum absolute atomic E-state index is 0.227. The molecule has 4 amide bonds. The molecule has 0 saturated carbocycles. The van der Waals surface area contributed by atoms with Crippen molar-refractivity contribution in [2.45, 2.75) is 6.18 Å². The maximum atomic E-state index is 12.7. The number of nitrogens with one attached hydrogen (secondary N) is 3. The van der Waals surface area contributed by atoms with Crippen LogP contribution in [0.25, 0.3) is 0 Å². The number of alkyl halides is 3. The van der Waals surface area contributed by atoms with Crippen molar-refractivity contribution in [1.82, 2.24) is 15.5 Å². The fourth-order valence-electron chi connectivity index (χ4n) is 1.67. The zero-order chi connectivity index (χ0) is 19.0. The minimum atomic E-state index is -4.59. The van der Waals surface area contributed by atoms with Gasteiger partial charge in [0.2, 0.25) is 11.8 Å². The van der Waals surface area contributed by atoms with Crippen LogP contribution in [0.4, 0.5) is 28.0 Å². The smallest absolute Gasteiger partial charge is 0.329 e. The van der Waals surface area contributed by atoms with Crippen molar-refractivity contribution in [3.63, 3.8) is 0 Å². The number of rotatable bonds is 6. The van der Waals surface area contributed by atoms with Gasteiger partial charge >= 0.3 is 12.2 Å². The summed E-state index contributed by atoms with van der Waals surface area (Å²) < 4.78 is 48.5. The van der Waals surface area contributed by atoms with Crippen LogP contribution in [0.5, 0.6) is 0 Å². The molecule has 1 rings (SSSR count). The van der Waals surface area contributed by atoms with E-state index in [1.807, 2.05) is 0 Å². The molecule has 0 fully saturated rings. The van der Waals surface area contributed by atoms with E-state index < -0.39 is 42.9 Å². The highest BCUT2D eigenvalue weighted by Crippen LogP contribution is 2.11. The number of imide groups is 1. The number of benzene rings is 1. The molecule has 25 heavy (non-hydrogen) atoms. The monoisotopic (exact) mass is 364 g/mol. The number of urea groups is 1. The fraction of sp³-hybridized carbons (Fsp3) is 0.357. The van der Waals surface area contributed by atoms with E-state index in [1.165, 1.54) is 29.4 Å². The lowest BCUT2D eigenvalue weighted by atomic mass is 10.3. The number of halogens is 4. The Morgan fingerprint density at radius 1 is 1.04 bits per heavy atom. The van der Waals surface area contributed by atoms with Crippen LogP contribution in [0.15, 0.2) is 24.3 Å². The van der Waals surface area contributed by atoms with Crippen molar-refractivity contribution >= 4 is 23.5 Å². The van der Waals surface area contributed by atoms with Crippen molar-refractivity contribution in [2.75, 3.05) is 32.0 Å². The van der Waals surface area contributed by atoms with Crippen LogP contribution >= 0.6 is 0 Å². The normalized spacial score (nSPS) is 11.1. The largest absolute Gasteiger partial charge is 0.405 e. The Morgan fingerprint density at radius 2 is 1.60 bits per heavy atom. The van der Waals surface area contributed by atoms with Crippen LogP contribution in [-0.4, -0.2) is 55.6 Å². The highest BCUT2D eigenvalue weighted by molar-refractivity contribution is 5.96. The first-order chi connectivity index (χ1) is 11.5. The van der Waals surface area contributed by atoms with E-state index >= 15 is 0 Å². The van der Waals surface area contributed by atoms with Crippen molar-refractivity contribution in [1.29, 1.82) is 0 Å². The second-order valence-electron chi connectivity index (χ2n) is 5.07. The Labute approximate surface area is 140 Å². The van der Waals surface area contributed by atoms with Gasteiger partial charge in [-0.1, -0.05) is 0 Å². The summed E-state index contributed by atoms with van der Waals surface area (Å²) in [5, 5.41) is 5.66. The van der Waals surface area contributed by atoms with Gasteiger partial charge in [-0.2, -0.15) is 13.2 Å². The van der Waals surface area contributed by atoms with E-state index in [-0.39, 0.29) is 6.54 Å². The lowest BCUT2D eigenvalue weighted by Crippen LogP contribution is -2.47. The highest BCUT2D eigenvalue weighted by atomic mass is 19.4. The Hall–Kier alpha value is -2.69. The average Bonchev–Trinajstić information content (AvgIpc) is 2.46. The fourth-order valence-corrected chi connectivity index (χ4v) is 1.67. The van der Waals surface area contributed by atoms with Crippen LogP contribution in [0.3, 0.4) is 0 Å². The summed E-state index contributed by atoms with van der Waals surface area (Å²) in [6.45, 7) is -2.19. The van der Waals surface area contributed by atoms with Gasteiger partial charge in [0.1, 0.15) is 12.4 Å². The molecule has 0 heterocycles. The zero-order valence-electron chi connectivity index (χ0n) is 13.1. The topological polar surface area (TPSA) is 90.5 Å². The molecule has 7 nitrogen and oxygen atoms in total. The summed E-state index contributed by atoms with van der Waals surface area (Å²) >= 11 is 0. The molecule has 0 aliphatic heterocycles. The molecule has 11 heteroatoms. The summed E-state index contributed by atoms with van der Waals surface area (Å²) in [5.41, 5.74) is 0.357. The lowest BCUT2D eigenvalue weighted by Gasteiger charge is -2.16. The number of carbonyl (C=O) groups is 3. The van der Waals surface area contributed by atoms with Gasteiger partial charge in [0.05, 0.1) is 13.1 Å². The number of amides is 4. The van der Waals surface area contributed by atoms with Gasteiger partial charge in [0.25, 0.3) is 0 Å². The first-order valence-corrected chi connectivity index (χ1v) is 6.93. The third-order valence-electron chi connectivity index (χ3n) is 2.66. The summed E-state index contributed by atoms with van der Waals surface area (Å²) in [4.78, 5) is 35.6. The number of likely N-dealkylation sites (N-methyl/N-ethyl adjacent to an activating group) is 1. The predicted molar refractivity (Wildman–Crippen MR) is 80.1 cm³/mol. The molecular weight excluding hydrogens is 348 g/mol.